The molecule has 0 aromatic heterocycles. The summed E-state index contributed by atoms with van der Waals surface area (Å²) >= 11 is 0. The van der Waals surface area contributed by atoms with Crippen molar-refractivity contribution in [1.82, 2.24) is 0 Å². The van der Waals surface area contributed by atoms with Gasteiger partial charge in [-0.2, -0.15) is 0 Å². The summed E-state index contributed by atoms with van der Waals surface area (Å²) in [5, 5.41) is 0. The Balaban J connectivity index is 1.64. The molecule has 0 aromatic carbocycles. The molecule has 4 rings (SSSR count). The number of ether oxygens (including phenoxy) is 2. The Morgan fingerprint density at radius 1 is 0.800 bits per heavy atom. The molecule has 4 fully saturated rings. The van der Waals surface area contributed by atoms with Crippen molar-refractivity contribution >= 4 is 17.7 Å². The third kappa shape index (κ3) is 3.31. The molecule has 4 saturated carbocycles. The van der Waals surface area contributed by atoms with E-state index in [4.69, 9.17) is 9.47 Å². The van der Waals surface area contributed by atoms with E-state index in [1.807, 2.05) is 0 Å². The largest absolute Gasteiger partial charge is 0.463 e. The van der Waals surface area contributed by atoms with Crippen molar-refractivity contribution in [3.8, 4) is 0 Å². The molecule has 0 aromatic rings. The molecule has 4 aliphatic rings. The molecule has 5 heteroatoms. The van der Waals surface area contributed by atoms with Crippen molar-refractivity contribution < 1.29 is 23.9 Å². The van der Waals surface area contributed by atoms with E-state index in [0.29, 0.717) is 23.7 Å². The summed E-state index contributed by atoms with van der Waals surface area (Å²) < 4.78 is 11.6. The normalized spacial score (nSPS) is 47.4. The van der Waals surface area contributed by atoms with Crippen LogP contribution in [0.4, 0.5) is 0 Å². The fourth-order valence-corrected chi connectivity index (χ4v) is 8.53. The average molecular weight is 419 g/mol. The van der Waals surface area contributed by atoms with Crippen LogP contribution in [0.25, 0.3) is 0 Å². The lowest BCUT2D eigenvalue weighted by molar-refractivity contribution is -0.195. The maximum atomic E-state index is 12.5. The SMILES string of the molecule is CC(=O)O[C@H]1CC[C@@]2(C)[C@H](CC[C@@H]3[C@@H]2C[C@H](OC(C)=O)[C@]2(C)[C@@H](C(C)=O)CC[C@@H]32)C1. The van der Waals surface area contributed by atoms with Crippen molar-refractivity contribution in [2.75, 3.05) is 0 Å². The first-order valence-corrected chi connectivity index (χ1v) is 11.9. The summed E-state index contributed by atoms with van der Waals surface area (Å²) in [4.78, 5) is 36.0. The maximum Gasteiger partial charge on any atom is 0.302 e. The summed E-state index contributed by atoms with van der Waals surface area (Å²) in [6.07, 6.45) is 8.00. The third-order valence-corrected chi connectivity index (χ3v) is 9.82. The molecule has 0 heterocycles. The average Bonchev–Trinajstić information content (AvgIpc) is 3.01. The van der Waals surface area contributed by atoms with Crippen molar-refractivity contribution in [3.05, 3.63) is 0 Å². The van der Waals surface area contributed by atoms with Crippen LogP contribution in [0.5, 0.6) is 0 Å². The van der Waals surface area contributed by atoms with E-state index in [2.05, 4.69) is 13.8 Å². The first-order chi connectivity index (χ1) is 14.1. The number of ketones is 1. The lowest BCUT2D eigenvalue weighted by Gasteiger charge is -2.62. The smallest absolute Gasteiger partial charge is 0.302 e. The molecule has 4 aliphatic carbocycles. The molecule has 9 atom stereocenters. The predicted molar refractivity (Wildman–Crippen MR) is 112 cm³/mol. The summed E-state index contributed by atoms with van der Waals surface area (Å²) in [5.74, 6) is 1.92. The number of carbonyl (C=O) groups is 3. The van der Waals surface area contributed by atoms with Gasteiger partial charge in [-0.15, -0.1) is 0 Å². The van der Waals surface area contributed by atoms with E-state index >= 15 is 0 Å². The van der Waals surface area contributed by atoms with Crippen molar-refractivity contribution in [3.63, 3.8) is 0 Å². The molecule has 30 heavy (non-hydrogen) atoms. The fourth-order valence-electron chi connectivity index (χ4n) is 8.53. The van der Waals surface area contributed by atoms with Crippen molar-refractivity contribution in [2.45, 2.75) is 98.2 Å². The van der Waals surface area contributed by atoms with Gasteiger partial charge in [-0.1, -0.05) is 13.8 Å². The second kappa shape index (κ2) is 7.63. The lowest BCUT2D eigenvalue weighted by Crippen LogP contribution is -2.59. The number of Topliss-reactive ketones (excluding diaryl/α,β-unsaturated/α-hetero) is 1. The van der Waals surface area contributed by atoms with E-state index in [1.54, 1.807) is 6.92 Å². The van der Waals surface area contributed by atoms with Gasteiger partial charge in [0.15, 0.2) is 0 Å². The van der Waals surface area contributed by atoms with Gasteiger partial charge in [0.05, 0.1) is 0 Å². The molecule has 0 N–H and O–H groups in total. The fraction of sp³-hybridized carbons (Fsp3) is 0.880. The molecule has 0 radical (unpaired) electrons. The Morgan fingerprint density at radius 3 is 2.13 bits per heavy atom. The zero-order valence-corrected chi connectivity index (χ0v) is 19.2. The number of carbonyl (C=O) groups excluding carboxylic acids is 3. The molecular formula is C25H38O5. The minimum atomic E-state index is -0.239. The van der Waals surface area contributed by atoms with Crippen LogP contribution in [-0.2, 0) is 23.9 Å². The molecule has 0 saturated heterocycles. The third-order valence-electron chi connectivity index (χ3n) is 9.82. The number of fused-ring (bicyclic) bond motifs is 5. The maximum absolute atomic E-state index is 12.5. The van der Waals surface area contributed by atoms with E-state index in [9.17, 15) is 14.4 Å². The summed E-state index contributed by atoms with van der Waals surface area (Å²) in [5.41, 5.74) is -0.0512. The number of hydrogen-bond donors (Lipinski definition) is 0. The van der Waals surface area contributed by atoms with Gasteiger partial charge in [-0.25, -0.2) is 0 Å². The molecule has 0 amide bonds. The minimum absolute atomic E-state index is 0.00182. The Morgan fingerprint density at radius 2 is 1.50 bits per heavy atom. The van der Waals surface area contributed by atoms with Gasteiger partial charge < -0.3 is 9.47 Å². The van der Waals surface area contributed by atoms with Gasteiger partial charge in [0.2, 0.25) is 0 Å². The number of hydrogen-bond acceptors (Lipinski definition) is 5. The highest BCUT2D eigenvalue weighted by atomic mass is 16.5. The second-order valence-electron chi connectivity index (χ2n) is 11.1. The van der Waals surface area contributed by atoms with Crippen LogP contribution in [-0.4, -0.2) is 29.9 Å². The van der Waals surface area contributed by atoms with Crippen LogP contribution in [0.2, 0.25) is 0 Å². The van der Waals surface area contributed by atoms with E-state index < -0.39 is 0 Å². The van der Waals surface area contributed by atoms with Gasteiger partial charge in [-0.3, -0.25) is 14.4 Å². The van der Waals surface area contributed by atoms with Gasteiger partial charge in [-0.05, 0) is 87.4 Å². The Hall–Kier alpha value is -1.39. The summed E-state index contributed by atoms with van der Waals surface area (Å²) in [6, 6.07) is 0. The number of esters is 2. The molecule has 5 nitrogen and oxygen atoms in total. The molecule has 0 unspecified atom stereocenters. The van der Waals surface area contributed by atoms with Crippen LogP contribution in [0, 0.1) is 40.4 Å². The predicted octanol–water partition coefficient (Wildman–Crippen LogP) is 4.71. The summed E-state index contributed by atoms with van der Waals surface area (Å²) in [6.45, 7) is 9.37. The van der Waals surface area contributed by atoms with Gasteiger partial charge in [0.25, 0.3) is 0 Å². The van der Waals surface area contributed by atoms with Crippen LogP contribution in [0.1, 0.15) is 86.0 Å². The zero-order valence-electron chi connectivity index (χ0n) is 19.2. The van der Waals surface area contributed by atoms with E-state index in [-0.39, 0.29) is 46.7 Å². The molecule has 0 spiro atoms. The molecule has 168 valence electrons. The van der Waals surface area contributed by atoms with Gasteiger partial charge in [0, 0.05) is 25.2 Å². The van der Waals surface area contributed by atoms with Crippen LogP contribution in [0.15, 0.2) is 0 Å². The van der Waals surface area contributed by atoms with Crippen molar-refractivity contribution in [2.24, 2.45) is 40.4 Å². The van der Waals surface area contributed by atoms with Crippen molar-refractivity contribution in [1.29, 1.82) is 0 Å². The molecule has 0 aliphatic heterocycles. The summed E-state index contributed by atoms with van der Waals surface area (Å²) in [7, 11) is 0. The van der Waals surface area contributed by atoms with E-state index in [0.717, 1.165) is 38.5 Å². The minimum Gasteiger partial charge on any atom is -0.463 e. The first-order valence-electron chi connectivity index (χ1n) is 11.9. The highest BCUT2D eigenvalue weighted by molar-refractivity contribution is 5.80. The van der Waals surface area contributed by atoms with Crippen LogP contribution >= 0.6 is 0 Å². The quantitative estimate of drug-likeness (QED) is 0.621. The monoisotopic (exact) mass is 418 g/mol. The Bertz CT molecular complexity index is 731. The molecular weight excluding hydrogens is 380 g/mol. The Labute approximate surface area is 180 Å². The number of rotatable bonds is 3. The highest BCUT2D eigenvalue weighted by Crippen LogP contribution is 2.68. The van der Waals surface area contributed by atoms with E-state index in [1.165, 1.54) is 26.7 Å². The highest BCUT2D eigenvalue weighted by Gasteiger charge is 2.65. The van der Waals surface area contributed by atoms with Crippen LogP contribution in [0.3, 0.4) is 0 Å². The van der Waals surface area contributed by atoms with Crippen LogP contribution < -0.4 is 0 Å². The lowest BCUT2D eigenvalue weighted by atomic mass is 9.44. The van der Waals surface area contributed by atoms with Gasteiger partial charge in [0.1, 0.15) is 18.0 Å². The Kier molecular flexibility index (Phi) is 5.55. The second-order valence-corrected chi connectivity index (χ2v) is 11.1. The first kappa shape index (κ1) is 21.8. The van der Waals surface area contributed by atoms with Gasteiger partial charge >= 0.3 is 11.9 Å². The standard InChI is InChI=1S/C25H38O5/c1-14(26)20-8-9-21-19-7-6-17-12-18(29-15(2)27)10-11-24(17,4)22(19)13-23(25(20,21)5)30-16(3)28/h17-23H,6-13H2,1-5H3/t17-,18+,19+,20-,21+,22+,23+,24+,25-/m1/s1. The zero-order chi connectivity index (χ0) is 21.8. The molecule has 0 bridgehead atoms. The topological polar surface area (TPSA) is 69.7 Å².